The van der Waals surface area contributed by atoms with E-state index in [0.717, 1.165) is 40.5 Å². The summed E-state index contributed by atoms with van der Waals surface area (Å²) < 4.78 is 19.5. The fraction of sp³-hybridized carbons (Fsp3) is 0.522. The second-order valence-electron chi connectivity index (χ2n) is 8.99. The van der Waals surface area contributed by atoms with Crippen LogP contribution in [0, 0.1) is 5.82 Å². The number of anilines is 1. The third-order valence-corrected chi connectivity index (χ3v) is 8.09. The van der Waals surface area contributed by atoms with Gasteiger partial charge >= 0.3 is 0 Å². The molecule has 2 unspecified atom stereocenters. The lowest BCUT2D eigenvalue weighted by atomic mass is 9.89. The van der Waals surface area contributed by atoms with Crippen LogP contribution >= 0.6 is 11.3 Å². The number of thiophene rings is 1. The number of rotatable bonds is 5. The van der Waals surface area contributed by atoms with Crippen molar-refractivity contribution in [3.63, 3.8) is 0 Å². The molecular formula is C23H26FN5OS. The highest BCUT2D eigenvalue weighted by molar-refractivity contribution is 7.17. The highest BCUT2D eigenvalue weighted by Crippen LogP contribution is 2.46. The van der Waals surface area contributed by atoms with E-state index in [1.165, 1.54) is 44.4 Å². The number of methoxy groups -OCH3 is 1. The molecule has 2 bridgehead atoms. The van der Waals surface area contributed by atoms with E-state index >= 15 is 0 Å². The first-order valence-corrected chi connectivity index (χ1v) is 12.1. The molecule has 0 radical (unpaired) electrons. The summed E-state index contributed by atoms with van der Waals surface area (Å²) in [5.74, 6) is 1.01. The minimum absolute atomic E-state index is 0.378. The molecule has 1 aliphatic carbocycles. The van der Waals surface area contributed by atoms with E-state index in [-0.39, 0.29) is 5.82 Å². The normalized spacial score (nSPS) is 25.7. The molecule has 3 fully saturated rings. The van der Waals surface area contributed by atoms with Crippen LogP contribution in [-0.4, -0.2) is 46.2 Å². The van der Waals surface area contributed by atoms with Gasteiger partial charge in [0.2, 0.25) is 5.88 Å². The van der Waals surface area contributed by atoms with Crippen molar-refractivity contribution >= 4 is 27.4 Å². The Balaban J connectivity index is 1.39. The third-order valence-electron chi connectivity index (χ3n) is 7.21. The number of nitrogens with one attached hydrogen (secondary N) is 1. The van der Waals surface area contributed by atoms with Crippen LogP contribution in [0.2, 0.25) is 0 Å². The van der Waals surface area contributed by atoms with E-state index in [4.69, 9.17) is 9.72 Å². The average Bonchev–Trinajstić information content (AvgIpc) is 3.29. The highest BCUT2D eigenvalue weighted by atomic mass is 32.1. The number of nitrogens with zero attached hydrogens (tertiary/aromatic N) is 4. The zero-order chi connectivity index (χ0) is 20.9. The Bertz CT molecular complexity index is 1100. The van der Waals surface area contributed by atoms with Gasteiger partial charge in [0.25, 0.3) is 0 Å². The smallest absolute Gasteiger partial charge is 0.221 e. The summed E-state index contributed by atoms with van der Waals surface area (Å²) in [7, 11) is 1.57. The van der Waals surface area contributed by atoms with Crippen LogP contribution in [0.15, 0.2) is 24.0 Å². The monoisotopic (exact) mass is 439 g/mol. The maximum atomic E-state index is 14.1. The predicted molar refractivity (Wildman–Crippen MR) is 120 cm³/mol. The fourth-order valence-corrected chi connectivity index (χ4v) is 6.50. The van der Waals surface area contributed by atoms with Gasteiger partial charge in [-0.3, -0.25) is 0 Å². The standard InChI is InChI=1S/C23H26FN5OS/c1-30-22-18(7-13(24)10-25-22)19-11-31-23-20(19)21(26-12-27-23)29-16-5-6-17(29)9-15(8-16)28-14-3-2-4-14/h7,10-12,14-17,28H,2-6,8-9H2,1H3. The Morgan fingerprint density at radius 1 is 1.06 bits per heavy atom. The number of pyridine rings is 1. The minimum atomic E-state index is -0.378. The highest BCUT2D eigenvalue weighted by Gasteiger charge is 2.43. The molecule has 0 spiro atoms. The van der Waals surface area contributed by atoms with Crippen molar-refractivity contribution in [2.75, 3.05) is 12.0 Å². The van der Waals surface area contributed by atoms with Crippen LogP contribution in [0.4, 0.5) is 10.2 Å². The van der Waals surface area contributed by atoms with Crippen LogP contribution < -0.4 is 15.0 Å². The lowest BCUT2D eigenvalue weighted by Gasteiger charge is -2.42. The van der Waals surface area contributed by atoms with Crippen molar-refractivity contribution in [3.8, 4) is 17.0 Å². The van der Waals surface area contributed by atoms with Crippen molar-refractivity contribution in [2.45, 2.75) is 69.1 Å². The van der Waals surface area contributed by atoms with Crippen LogP contribution in [0.3, 0.4) is 0 Å². The Morgan fingerprint density at radius 2 is 1.87 bits per heavy atom. The summed E-state index contributed by atoms with van der Waals surface area (Å²) in [4.78, 5) is 16.9. The van der Waals surface area contributed by atoms with E-state index in [1.54, 1.807) is 24.8 Å². The minimum Gasteiger partial charge on any atom is -0.481 e. The molecule has 31 heavy (non-hydrogen) atoms. The van der Waals surface area contributed by atoms with Crippen molar-refractivity contribution in [2.24, 2.45) is 0 Å². The molecule has 1 saturated carbocycles. The summed E-state index contributed by atoms with van der Waals surface area (Å²) in [5, 5.41) is 6.90. The number of fused-ring (bicyclic) bond motifs is 3. The largest absolute Gasteiger partial charge is 0.481 e. The van der Waals surface area contributed by atoms with Crippen molar-refractivity contribution in [1.82, 2.24) is 20.3 Å². The molecule has 2 aliphatic heterocycles. The second-order valence-corrected chi connectivity index (χ2v) is 9.85. The molecule has 162 valence electrons. The van der Waals surface area contributed by atoms with Gasteiger partial charge in [0.1, 0.15) is 22.8 Å². The molecule has 5 heterocycles. The molecule has 0 amide bonds. The quantitative estimate of drug-likeness (QED) is 0.630. The van der Waals surface area contributed by atoms with Gasteiger partial charge in [-0.1, -0.05) is 6.42 Å². The van der Waals surface area contributed by atoms with Gasteiger partial charge in [-0.15, -0.1) is 11.3 Å². The van der Waals surface area contributed by atoms with Gasteiger partial charge in [0.15, 0.2) is 0 Å². The topological polar surface area (TPSA) is 63.2 Å². The SMILES string of the molecule is COc1ncc(F)cc1-c1csc2ncnc(N3C4CCC3CC(NC3CCC3)C4)c12. The maximum Gasteiger partial charge on any atom is 0.221 e. The first kappa shape index (κ1) is 19.4. The van der Waals surface area contributed by atoms with Gasteiger partial charge in [0.05, 0.1) is 18.7 Å². The second kappa shape index (κ2) is 7.67. The fourth-order valence-electron chi connectivity index (χ4n) is 5.60. The van der Waals surface area contributed by atoms with Crippen LogP contribution in [0.25, 0.3) is 21.3 Å². The maximum absolute atomic E-state index is 14.1. The summed E-state index contributed by atoms with van der Waals surface area (Å²) >= 11 is 1.56. The van der Waals surface area contributed by atoms with E-state index in [9.17, 15) is 4.39 Å². The summed E-state index contributed by atoms with van der Waals surface area (Å²) in [6, 6.07) is 3.78. The van der Waals surface area contributed by atoms with Gasteiger partial charge in [0, 0.05) is 40.7 Å². The Kier molecular flexibility index (Phi) is 4.79. The van der Waals surface area contributed by atoms with Crippen molar-refractivity contribution in [1.29, 1.82) is 0 Å². The molecular weight excluding hydrogens is 413 g/mol. The Hall–Kier alpha value is -2.32. The summed E-state index contributed by atoms with van der Waals surface area (Å²) in [6.45, 7) is 0. The van der Waals surface area contributed by atoms with E-state index in [2.05, 4.69) is 20.2 Å². The molecule has 3 aliphatic rings. The van der Waals surface area contributed by atoms with E-state index in [1.807, 2.05) is 5.38 Å². The number of halogens is 1. The van der Waals surface area contributed by atoms with Gasteiger partial charge in [-0.25, -0.2) is 19.3 Å². The Morgan fingerprint density at radius 3 is 2.58 bits per heavy atom. The number of hydrogen-bond acceptors (Lipinski definition) is 7. The molecule has 3 aromatic heterocycles. The molecule has 6 nitrogen and oxygen atoms in total. The first-order chi connectivity index (χ1) is 15.2. The van der Waals surface area contributed by atoms with Crippen LogP contribution in [-0.2, 0) is 0 Å². The Labute approximate surface area is 184 Å². The lowest BCUT2D eigenvalue weighted by Crippen LogP contribution is -2.52. The molecule has 1 N–H and O–H groups in total. The van der Waals surface area contributed by atoms with Crippen LogP contribution in [0.1, 0.15) is 44.9 Å². The zero-order valence-corrected chi connectivity index (χ0v) is 18.4. The first-order valence-electron chi connectivity index (χ1n) is 11.2. The number of piperidine rings is 1. The molecule has 2 saturated heterocycles. The molecule has 2 atom stereocenters. The van der Waals surface area contributed by atoms with Gasteiger partial charge in [-0.2, -0.15) is 0 Å². The lowest BCUT2D eigenvalue weighted by molar-refractivity contribution is 0.260. The number of aromatic nitrogens is 3. The molecule has 0 aromatic carbocycles. The van der Waals surface area contributed by atoms with Crippen LogP contribution in [0.5, 0.6) is 5.88 Å². The van der Waals surface area contributed by atoms with Crippen molar-refractivity contribution in [3.05, 3.63) is 29.8 Å². The molecule has 6 rings (SSSR count). The third kappa shape index (κ3) is 3.27. The predicted octanol–water partition coefficient (Wildman–Crippen LogP) is 4.54. The van der Waals surface area contributed by atoms with E-state index < -0.39 is 0 Å². The summed E-state index contributed by atoms with van der Waals surface area (Å²) in [5.41, 5.74) is 1.55. The molecule has 8 heteroatoms. The zero-order valence-electron chi connectivity index (χ0n) is 17.6. The summed E-state index contributed by atoms with van der Waals surface area (Å²) in [6.07, 6.45) is 11.6. The van der Waals surface area contributed by atoms with Crippen molar-refractivity contribution < 1.29 is 9.13 Å². The molecule has 3 aromatic rings. The van der Waals surface area contributed by atoms with Gasteiger partial charge < -0.3 is 15.0 Å². The number of ether oxygens (including phenoxy) is 1. The van der Waals surface area contributed by atoms with Gasteiger partial charge in [-0.05, 0) is 44.6 Å². The average molecular weight is 440 g/mol. The number of hydrogen-bond donors (Lipinski definition) is 1. The van der Waals surface area contributed by atoms with E-state index in [0.29, 0.717) is 29.6 Å².